The van der Waals surface area contributed by atoms with Gasteiger partial charge in [0.05, 0.1) is 14.2 Å². The van der Waals surface area contributed by atoms with Gasteiger partial charge in [-0.15, -0.1) is 0 Å². The molecule has 1 aliphatic heterocycles. The van der Waals surface area contributed by atoms with Crippen molar-refractivity contribution in [2.45, 2.75) is 32.4 Å². The Hall–Kier alpha value is -2.96. The number of ether oxygens (including phenoxy) is 3. The summed E-state index contributed by atoms with van der Waals surface area (Å²) in [6.07, 6.45) is 1.67. The van der Waals surface area contributed by atoms with Crippen LogP contribution < -0.4 is 19.5 Å². The van der Waals surface area contributed by atoms with E-state index >= 15 is 0 Å². The van der Waals surface area contributed by atoms with Gasteiger partial charge in [-0.2, -0.15) is 0 Å². The predicted octanol–water partition coefficient (Wildman–Crippen LogP) is 3.16. The van der Waals surface area contributed by atoms with Crippen molar-refractivity contribution in [3.05, 3.63) is 47.7 Å². The normalized spacial score (nSPS) is 14.5. The van der Waals surface area contributed by atoms with Crippen LogP contribution in [0, 0.1) is 6.92 Å². The number of benzene rings is 1. The van der Waals surface area contributed by atoms with Gasteiger partial charge in [0, 0.05) is 44.2 Å². The van der Waals surface area contributed by atoms with E-state index in [1.54, 1.807) is 14.2 Å². The highest BCUT2D eigenvalue weighted by molar-refractivity contribution is 5.74. The average molecular weight is 385 g/mol. The van der Waals surface area contributed by atoms with Crippen LogP contribution in [0.4, 0.5) is 4.79 Å². The molecule has 1 aromatic carbocycles. The molecule has 7 nitrogen and oxygen atoms in total. The standard InChI is InChI=1S/C21H27N3O4/c1-15-5-4-6-20(23-15)28-17-9-11-24(12-10-17)21(25)22-14-16-7-8-18(26-2)19(13-16)27-3/h4-8,13,17H,9-12,14H2,1-3H3,(H,22,25). The summed E-state index contributed by atoms with van der Waals surface area (Å²) in [6.45, 7) is 3.70. The van der Waals surface area contributed by atoms with Crippen LogP contribution in [0.2, 0.25) is 0 Å². The molecule has 0 unspecified atom stereocenters. The molecule has 2 heterocycles. The number of hydrogen-bond acceptors (Lipinski definition) is 5. The summed E-state index contributed by atoms with van der Waals surface area (Å²) in [4.78, 5) is 18.7. The zero-order valence-corrected chi connectivity index (χ0v) is 16.6. The molecule has 2 aromatic rings. The van der Waals surface area contributed by atoms with Crippen molar-refractivity contribution in [2.24, 2.45) is 0 Å². The molecule has 1 aromatic heterocycles. The number of pyridine rings is 1. The Morgan fingerprint density at radius 3 is 2.57 bits per heavy atom. The number of carbonyl (C=O) groups excluding carboxylic acids is 1. The van der Waals surface area contributed by atoms with Gasteiger partial charge in [0.1, 0.15) is 6.10 Å². The molecule has 0 spiro atoms. The third-order valence-electron chi connectivity index (χ3n) is 4.77. The first-order valence-electron chi connectivity index (χ1n) is 9.43. The van der Waals surface area contributed by atoms with Crippen molar-refractivity contribution in [3.63, 3.8) is 0 Å². The Kier molecular flexibility index (Phi) is 6.57. The number of urea groups is 1. The Balaban J connectivity index is 1.46. The number of carbonyl (C=O) groups is 1. The summed E-state index contributed by atoms with van der Waals surface area (Å²) in [7, 11) is 3.19. The zero-order chi connectivity index (χ0) is 19.9. The molecular weight excluding hydrogens is 358 g/mol. The molecule has 7 heteroatoms. The smallest absolute Gasteiger partial charge is 0.317 e. The fourth-order valence-electron chi connectivity index (χ4n) is 3.21. The Morgan fingerprint density at radius 1 is 1.14 bits per heavy atom. The van der Waals surface area contributed by atoms with Crippen molar-refractivity contribution in [2.75, 3.05) is 27.3 Å². The van der Waals surface area contributed by atoms with E-state index in [-0.39, 0.29) is 12.1 Å². The molecule has 0 saturated carbocycles. The van der Waals surface area contributed by atoms with E-state index in [1.165, 1.54) is 0 Å². The second-order valence-corrected chi connectivity index (χ2v) is 6.77. The van der Waals surface area contributed by atoms with Crippen molar-refractivity contribution in [3.8, 4) is 17.4 Å². The van der Waals surface area contributed by atoms with Crippen LogP contribution >= 0.6 is 0 Å². The minimum atomic E-state index is -0.0677. The number of hydrogen-bond donors (Lipinski definition) is 1. The topological polar surface area (TPSA) is 72.9 Å². The van der Waals surface area contributed by atoms with Gasteiger partial charge in [-0.1, -0.05) is 12.1 Å². The second kappa shape index (κ2) is 9.30. The van der Waals surface area contributed by atoms with Crippen LogP contribution in [0.15, 0.2) is 36.4 Å². The summed E-state index contributed by atoms with van der Waals surface area (Å²) < 4.78 is 16.5. The minimum absolute atomic E-state index is 0.0677. The van der Waals surface area contributed by atoms with Crippen molar-refractivity contribution in [1.29, 1.82) is 0 Å². The highest BCUT2D eigenvalue weighted by Gasteiger charge is 2.24. The maximum Gasteiger partial charge on any atom is 0.317 e. The monoisotopic (exact) mass is 385 g/mol. The van der Waals surface area contributed by atoms with Gasteiger partial charge in [0.15, 0.2) is 11.5 Å². The molecule has 3 rings (SSSR count). The summed E-state index contributed by atoms with van der Waals surface area (Å²) in [5, 5.41) is 2.97. The lowest BCUT2D eigenvalue weighted by Crippen LogP contribution is -2.46. The van der Waals surface area contributed by atoms with E-state index in [0.717, 1.165) is 24.1 Å². The van der Waals surface area contributed by atoms with Crippen molar-refractivity contribution in [1.82, 2.24) is 15.2 Å². The van der Waals surface area contributed by atoms with E-state index < -0.39 is 0 Å². The number of nitrogens with zero attached hydrogens (tertiary/aromatic N) is 2. The van der Waals surface area contributed by atoms with Crippen molar-refractivity contribution >= 4 is 6.03 Å². The number of aromatic nitrogens is 1. The number of likely N-dealkylation sites (tertiary alicyclic amines) is 1. The van der Waals surface area contributed by atoms with Crippen molar-refractivity contribution < 1.29 is 19.0 Å². The number of amides is 2. The zero-order valence-electron chi connectivity index (χ0n) is 16.6. The highest BCUT2D eigenvalue weighted by Crippen LogP contribution is 2.27. The second-order valence-electron chi connectivity index (χ2n) is 6.77. The minimum Gasteiger partial charge on any atom is -0.493 e. The summed E-state index contributed by atoms with van der Waals surface area (Å²) in [5.74, 6) is 1.97. The number of piperidine rings is 1. The first-order chi connectivity index (χ1) is 13.6. The van der Waals surface area contributed by atoms with Gasteiger partial charge in [-0.3, -0.25) is 0 Å². The molecule has 1 N–H and O–H groups in total. The number of aryl methyl sites for hydroxylation is 1. The Morgan fingerprint density at radius 2 is 1.89 bits per heavy atom. The van der Waals surface area contributed by atoms with Crippen LogP contribution in [0.25, 0.3) is 0 Å². The van der Waals surface area contributed by atoms with E-state index in [1.807, 2.05) is 48.2 Å². The molecule has 0 aliphatic carbocycles. The van der Waals surface area contributed by atoms with E-state index in [4.69, 9.17) is 14.2 Å². The first-order valence-corrected chi connectivity index (χ1v) is 9.43. The summed E-state index contributed by atoms with van der Waals surface area (Å²) in [5.41, 5.74) is 1.89. The molecular formula is C21H27N3O4. The molecule has 2 amide bonds. The van der Waals surface area contributed by atoms with Crippen LogP contribution in [0.5, 0.6) is 17.4 Å². The van der Waals surface area contributed by atoms with Gasteiger partial charge in [0.25, 0.3) is 0 Å². The average Bonchev–Trinajstić information content (AvgIpc) is 2.72. The van der Waals surface area contributed by atoms with Crippen LogP contribution in [0.1, 0.15) is 24.1 Å². The third-order valence-corrected chi connectivity index (χ3v) is 4.77. The maximum absolute atomic E-state index is 12.5. The van der Waals surface area contributed by atoms with Gasteiger partial charge in [-0.25, -0.2) is 9.78 Å². The van der Waals surface area contributed by atoms with Gasteiger partial charge in [-0.05, 0) is 30.7 Å². The lowest BCUT2D eigenvalue weighted by Gasteiger charge is -2.32. The molecule has 28 heavy (non-hydrogen) atoms. The highest BCUT2D eigenvalue weighted by atomic mass is 16.5. The molecule has 1 aliphatic rings. The lowest BCUT2D eigenvalue weighted by molar-refractivity contribution is 0.107. The number of rotatable bonds is 6. The molecule has 0 radical (unpaired) electrons. The van der Waals surface area contributed by atoms with Gasteiger partial charge >= 0.3 is 6.03 Å². The van der Waals surface area contributed by atoms with Gasteiger partial charge in [0.2, 0.25) is 5.88 Å². The molecule has 150 valence electrons. The largest absolute Gasteiger partial charge is 0.493 e. The SMILES string of the molecule is COc1ccc(CNC(=O)N2CCC(Oc3cccc(C)n3)CC2)cc1OC. The lowest BCUT2D eigenvalue weighted by atomic mass is 10.1. The first kappa shape index (κ1) is 19.8. The Labute approximate surface area is 165 Å². The molecule has 0 atom stereocenters. The Bertz CT molecular complexity index is 804. The van der Waals surface area contributed by atoms with Crippen LogP contribution in [-0.4, -0.2) is 49.3 Å². The van der Waals surface area contributed by atoms with Crippen LogP contribution in [-0.2, 0) is 6.54 Å². The fraction of sp³-hybridized carbons (Fsp3) is 0.429. The predicted molar refractivity (Wildman–Crippen MR) is 106 cm³/mol. The molecule has 0 bridgehead atoms. The molecule has 1 saturated heterocycles. The van der Waals surface area contributed by atoms with E-state index in [0.29, 0.717) is 37.0 Å². The molecule has 1 fully saturated rings. The van der Waals surface area contributed by atoms with Gasteiger partial charge < -0.3 is 24.4 Å². The van der Waals surface area contributed by atoms with E-state index in [9.17, 15) is 4.79 Å². The fourth-order valence-corrected chi connectivity index (χ4v) is 3.21. The summed E-state index contributed by atoms with van der Waals surface area (Å²) in [6, 6.07) is 11.3. The maximum atomic E-state index is 12.5. The quantitative estimate of drug-likeness (QED) is 0.827. The van der Waals surface area contributed by atoms with Crippen LogP contribution in [0.3, 0.4) is 0 Å². The number of nitrogens with one attached hydrogen (secondary N) is 1. The number of methoxy groups -OCH3 is 2. The van der Waals surface area contributed by atoms with E-state index in [2.05, 4.69) is 10.3 Å². The summed E-state index contributed by atoms with van der Waals surface area (Å²) >= 11 is 0. The third kappa shape index (κ3) is 5.06.